The third kappa shape index (κ3) is 3.55. The molecule has 1 saturated carbocycles. The Kier molecular flexibility index (Phi) is 4.66. The predicted octanol–water partition coefficient (Wildman–Crippen LogP) is 3.00. The number of carbonyl (C=O) groups is 1. The molecular formula is C16H19FN4OS. The molecule has 0 radical (unpaired) electrons. The summed E-state index contributed by atoms with van der Waals surface area (Å²) in [7, 11) is 1.78. The summed E-state index contributed by atoms with van der Waals surface area (Å²) in [6.07, 6.45) is 9.16. The Morgan fingerprint density at radius 1 is 1.48 bits per heavy atom. The molecule has 23 heavy (non-hydrogen) atoms. The Morgan fingerprint density at radius 3 is 2.91 bits per heavy atom. The van der Waals surface area contributed by atoms with Gasteiger partial charge in [0.1, 0.15) is 5.82 Å². The number of carbonyl (C=O) groups excluding carboxylic acids is 1. The van der Waals surface area contributed by atoms with Crippen molar-refractivity contribution in [1.82, 2.24) is 14.8 Å². The van der Waals surface area contributed by atoms with Crippen molar-refractivity contribution in [2.45, 2.75) is 25.2 Å². The van der Waals surface area contributed by atoms with E-state index in [9.17, 15) is 9.18 Å². The van der Waals surface area contributed by atoms with Crippen LogP contribution in [0.4, 0.5) is 10.1 Å². The number of rotatable bonds is 6. The van der Waals surface area contributed by atoms with E-state index in [1.54, 1.807) is 40.8 Å². The topological polar surface area (TPSA) is 51.0 Å². The van der Waals surface area contributed by atoms with E-state index in [0.717, 1.165) is 36.2 Å². The van der Waals surface area contributed by atoms with Gasteiger partial charge in [-0.2, -0.15) is 16.9 Å². The van der Waals surface area contributed by atoms with Gasteiger partial charge in [0.25, 0.3) is 0 Å². The van der Waals surface area contributed by atoms with Gasteiger partial charge in [-0.3, -0.25) is 9.78 Å². The van der Waals surface area contributed by atoms with Crippen LogP contribution in [-0.2, 0) is 4.79 Å². The molecule has 5 nitrogen and oxygen atoms in total. The van der Waals surface area contributed by atoms with Crippen molar-refractivity contribution < 1.29 is 9.18 Å². The molecule has 0 atom stereocenters. The number of nitrogens with zero attached hydrogens (tertiary/aromatic N) is 4. The first kappa shape index (κ1) is 16.0. The van der Waals surface area contributed by atoms with Crippen molar-refractivity contribution in [2.24, 2.45) is 0 Å². The second kappa shape index (κ2) is 6.70. The fraction of sp³-hybridized carbons (Fsp3) is 0.438. The number of thioether (sulfide) groups is 1. The standard InChI is InChI=1S/C16H19FN4OS/c1-20(15(22)5-6-23-2)14-10-21(19-16(14)11-3-4-11)13-7-12(17)8-18-9-13/h7-11H,3-6H2,1-2H3. The molecule has 1 fully saturated rings. The minimum atomic E-state index is -0.406. The number of anilines is 1. The molecule has 1 amide bonds. The van der Waals surface area contributed by atoms with E-state index in [1.165, 1.54) is 6.07 Å². The van der Waals surface area contributed by atoms with Gasteiger partial charge in [-0.05, 0) is 19.1 Å². The zero-order valence-corrected chi connectivity index (χ0v) is 14.0. The zero-order chi connectivity index (χ0) is 16.4. The lowest BCUT2D eigenvalue weighted by Gasteiger charge is -2.16. The average Bonchev–Trinajstić information content (AvgIpc) is 3.30. The maximum Gasteiger partial charge on any atom is 0.227 e. The van der Waals surface area contributed by atoms with Crippen LogP contribution in [0.15, 0.2) is 24.7 Å². The molecule has 1 aliphatic carbocycles. The number of hydrogen-bond acceptors (Lipinski definition) is 4. The van der Waals surface area contributed by atoms with Gasteiger partial charge in [-0.25, -0.2) is 9.07 Å². The first-order valence-corrected chi connectivity index (χ1v) is 8.95. The maximum atomic E-state index is 13.4. The summed E-state index contributed by atoms with van der Waals surface area (Å²) < 4.78 is 15.0. The number of amides is 1. The van der Waals surface area contributed by atoms with Crippen molar-refractivity contribution in [3.63, 3.8) is 0 Å². The fourth-order valence-electron chi connectivity index (χ4n) is 2.43. The molecule has 3 rings (SSSR count). The van der Waals surface area contributed by atoms with Crippen LogP contribution < -0.4 is 4.90 Å². The molecule has 2 aromatic rings. The summed E-state index contributed by atoms with van der Waals surface area (Å²) in [5, 5.41) is 4.58. The van der Waals surface area contributed by atoms with Crippen molar-refractivity contribution in [2.75, 3.05) is 24.0 Å². The minimum absolute atomic E-state index is 0.0677. The van der Waals surface area contributed by atoms with Crippen molar-refractivity contribution in [3.05, 3.63) is 36.2 Å². The number of pyridine rings is 1. The average molecular weight is 334 g/mol. The number of halogens is 1. The molecule has 0 bridgehead atoms. The molecule has 0 unspecified atom stereocenters. The highest BCUT2D eigenvalue weighted by atomic mass is 32.2. The van der Waals surface area contributed by atoms with Crippen molar-refractivity contribution in [1.29, 1.82) is 0 Å². The summed E-state index contributed by atoms with van der Waals surface area (Å²) in [5.41, 5.74) is 2.28. The maximum absolute atomic E-state index is 13.4. The number of hydrogen-bond donors (Lipinski definition) is 0. The van der Waals surface area contributed by atoms with Gasteiger partial charge in [0.05, 0.1) is 35.7 Å². The second-order valence-electron chi connectivity index (χ2n) is 5.68. The van der Waals surface area contributed by atoms with Crippen LogP contribution in [0, 0.1) is 5.82 Å². The van der Waals surface area contributed by atoms with E-state index in [1.807, 2.05) is 6.26 Å². The van der Waals surface area contributed by atoms with Gasteiger partial charge < -0.3 is 4.90 Å². The van der Waals surface area contributed by atoms with Crippen LogP contribution in [0.2, 0.25) is 0 Å². The van der Waals surface area contributed by atoms with Gasteiger partial charge in [0.15, 0.2) is 0 Å². The smallest absolute Gasteiger partial charge is 0.227 e. The van der Waals surface area contributed by atoms with Gasteiger partial charge in [0, 0.05) is 31.2 Å². The Labute approximate surface area is 138 Å². The molecule has 122 valence electrons. The fourth-order valence-corrected chi connectivity index (χ4v) is 2.81. The normalized spacial score (nSPS) is 14.0. The second-order valence-corrected chi connectivity index (χ2v) is 6.66. The highest BCUT2D eigenvalue weighted by molar-refractivity contribution is 7.98. The molecule has 2 heterocycles. The quantitative estimate of drug-likeness (QED) is 0.815. The van der Waals surface area contributed by atoms with Crippen LogP contribution in [0.3, 0.4) is 0 Å². The van der Waals surface area contributed by atoms with Crippen LogP contribution in [0.25, 0.3) is 5.69 Å². The Bertz CT molecular complexity index is 714. The highest BCUT2D eigenvalue weighted by Gasteiger charge is 2.31. The third-order valence-corrected chi connectivity index (χ3v) is 4.51. The lowest BCUT2D eigenvalue weighted by Crippen LogP contribution is -2.27. The van der Waals surface area contributed by atoms with E-state index in [-0.39, 0.29) is 5.91 Å². The largest absolute Gasteiger partial charge is 0.312 e. The molecule has 0 spiro atoms. The Morgan fingerprint density at radius 2 is 2.26 bits per heavy atom. The summed E-state index contributed by atoms with van der Waals surface area (Å²) in [5.74, 6) is 0.850. The molecule has 0 N–H and O–H groups in total. The molecule has 0 aromatic carbocycles. The van der Waals surface area contributed by atoms with E-state index >= 15 is 0 Å². The summed E-state index contributed by atoms with van der Waals surface area (Å²) in [4.78, 5) is 17.8. The zero-order valence-electron chi connectivity index (χ0n) is 13.2. The SMILES string of the molecule is CSCCC(=O)N(C)c1cn(-c2cncc(F)c2)nc1C1CC1. The first-order valence-electron chi connectivity index (χ1n) is 7.56. The highest BCUT2D eigenvalue weighted by Crippen LogP contribution is 2.43. The summed E-state index contributed by atoms with van der Waals surface area (Å²) in [6, 6.07) is 1.38. The van der Waals surface area contributed by atoms with Gasteiger partial charge in [-0.15, -0.1) is 0 Å². The van der Waals surface area contributed by atoms with E-state index in [2.05, 4.69) is 10.1 Å². The molecule has 2 aromatic heterocycles. The van der Waals surface area contributed by atoms with Crippen LogP contribution in [-0.4, -0.2) is 39.7 Å². The number of aromatic nitrogens is 3. The van der Waals surface area contributed by atoms with Gasteiger partial charge in [0.2, 0.25) is 5.91 Å². The molecule has 0 aliphatic heterocycles. The van der Waals surface area contributed by atoms with Crippen LogP contribution >= 0.6 is 11.8 Å². The van der Waals surface area contributed by atoms with Crippen LogP contribution in [0.1, 0.15) is 30.9 Å². The van der Waals surface area contributed by atoms with Gasteiger partial charge in [-0.1, -0.05) is 0 Å². The minimum Gasteiger partial charge on any atom is -0.312 e. The van der Waals surface area contributed by atoms with E-state index < -0.39 is 5.82 Å². The van der Waals surface area contributed by atoms with E-state index in [4.69, 9.17) is 0 Å². The van der Waals surface area contributed by atoms with Crippen molar-refractivity contribution in [3.8, 4) is 5.69 Å². The van der Waals surface area contributed by atoms with E-state index in [0.29, 0.717) is 18.0 Å². The third-order valence-electron chi connectivity index (χ3n) is 3.90. The lowest BCUT2D eigenvalue weighted by molar-refractivity contribution is -0.117. The molecule has 0 saturated heterocycles. The monoisotopic (exact) mass is 334 g/mol. The summed E-state index contributed by atoms with van der Waals surface area (Å²) >= 11 is 1.65. The van der Waals surface area contributed by atoms with Crippen molar-refractivity contribution >= 4 is 23.4 Å². The first-order chi connectivity index (χ1) is 11.1. The van der Waals surface area contributed by atoms with Gasteiger partial charge >= 0.3 is 0 Å². The summed E-state index contributed by atoms with van der Waals surface area (Å²) in [6.45, 7) is 0. The van der Waals surface area contributed by atoms with Crippen LogP contribution in [0.5, 0.6) is 0 Å². The molecule has 1 aliphatic rings. The molecule has 7 heteroatoms. The molecular weight excluding hydrogens is 315 g/mol. The Hall–Kier alpha value is -1.89. The lowest BCUT2D eigenvalue weighted by atomic mass is 10.2. The predicted molar refractivity (Wildman–Crippen MR) is 89.7 cm³/mol. The Balaban J connectivity index is 1.91.